The van der Waals surface area contributed by atoms with Crippen molar-refractivity contribution in [2.75, 3.05) is 0 Å². The molecular weight excluding hydrogens is 192 g/mol. The van der Waals surface area contributed by atoms with Crippen LogP contribution in [0.5, 0.6) is 0 Å². The lowest BCUT2D eigenvalue weighted by atomic mass is 9.76. The zero-order valence-corrected chi connectivity index (χ0v) is 8.44. The van der Waals surface area contributed by atoms with Crippen molar-refractivity contribution in [1.82, 2.24) is 4.98 Å². The number of carbonyl (C=O) groups is 1. The maximum Gasteiger partial charge on any atom is 0.305 e. The number of nitrogens with two attached hydrogens (primary N) is 1. The van der Waals surface area contributed by atoms with E-state index in [1.54, 1.807) is 12.4 Å². The van der Waals surface area contributed by atoms with E-state index in [4.69, 9.17) is 10.8 Å². The summed E-state index contributed by atoms with van der Waals surface area (Å²) in [5.74, 6) is -0.845. The zero-order valence-electron chi connectivity index (χ0n) is 8.44. The minimum atomic E-state index is -0.845. The lowest BCUT2D eigenvalue weighted by Crippen LogP contribution is -2.42. The van der Waals surface area contributed by atoms with Crippen LogP contribution in [0.1, 0.15) is 30.4 Å². The van der Waals surface area contributed by atoms with Gasteiger partial charge in [0.05, 0.1) is 12.0 Å². The fourth-order valence-corrected chi connectivity index (χ4v) is 2.29. The molecule has 1 aromatic rings. The molecule has 0 bridgehead atoms. The first-order valence-electron chi connectivity index (χ1n) is 5.06. The van der Waals surface area contributed by atoms with Crippen molar-refractivity contribution in [3.63, 3.8) is 0 Å². The predicted octanol–water partition coefficient (Wildman–Crippen LogP) is 1.05. The summed E-state index contributed by atoms with van der Waals surface area (Å²) in [5, 5.41) is 8.86. The monoisotopic (exact) mass is 206 g/mol. The normalized spacial score (nSPS) is 24.6. The fraction of sp³-hybridized carbons (Fsp3) is 0.455. The van der Waals surface area contributed by atoms with Gasteiger partial charge in [0.15, 0.2) is 0 Å². The van der Waals surface area contributed by atoms with E-state index in [1.165, 1.54) is 0 Å². The summed E-state index contributed by atoms with van der Waals surface area (Å²) in [7, 11) is 0. The SMILES string of the molecule is NC1(CC(=O)O)CCCc2cnccc21. The molecule has 1 aromatic heterocycles. The Kier molecular flexibility index (Phi) is 2.44. The van der Waals surface area contributed by atoms with Gasteiger partial charge in [0.2, 0.25) is 0 Å². The molecule has 1 atom stereocenters. The van der Waals surface area contributed by atoms with Crippen LogP contribution >= 0.6 is 0 Å². The molecule has 2 rings (SSSR count). The second kappa shape index (κ2) is 3.62. The number of fused-ring (bicyclic) bond motifs is 1. The van der Waals surface area contributed by atoms with Crippen molar-refractivity contribution in [3.8, 4) is 0 Å². The second-order valence-corrected chi connectivity index (χ2v) is 4.11. The summed E-state index contributed by atoms with van der Waals surface area (Å²) in [6.45, 7) is 0. The zero-order chi connectivity index (χ0) is 10.9. The van der Waals surface area contributed by atoms with Gasteiger partial charge in [0.1, 0.15) is 0 Å². The molecule has 1 aliphatic rings. The number of carboxylic acid groups (broad SMARTS) is 1. The highest BCUT2D eigenvalue weighted by atomic mass is 16.4. The number of aliphatic carboxylic acids is 1. The molecule has 4 heteroatoms. The van der Waals surface area contributed by atoms with E-state index in [0.29, 0.717) is 0 Å². The van der Waals surface area contributed by atoms with Crippen molar-refractivity contribution in [3.05, 3.63) is 29.6 Å². The molecule has 4 nitrogen and oxygen atoms in total. The van der Waals surface area contributed by atoms with E-state index in [2.05, 4.69) is 4.98 Å². The number of carboxylic acids is 1. The third-order valence-corrected chi connectivity index (χ3v) is 2.98. The van der Waals surface area contributed by atoms with Crippen LogP contribution in [-0.2, 0) is 16.8 Å². The van der Waals surface area contributed by atoms with Crippen molar-refractivity contribution in [2.24, 2.45) is 5.73 Å². The summed E-state index contributed by atoms with van der Waals surface area (Å²) in [5.41, 5.74) is 7.50. The maximum atomic E-state index is 10.8. The molecule has 3 N–H and O–H groups in total. The second-order valence-electron chi connectivity index (χ2n) is 4.11. The van der Waals surface area contributed by atoms with Crippen LogP contribution in [0.15, 0.2) is 18.5 Å². The predicted molar refractivity (Wildman–Crippen MR) is 55.3 cm³/mol. The number of rotatable bonds is 2. The van der Waals surface area contributed by atoms with Gasteiger partial charge in [0.25, 0.3) is 0 Å². The molecule has 0 fully saturated rings. The van der Waals surface area contributed by atoms with Crippen molar-refractivity contribution < 1.29 is 9.90 Å². The Bertz CT molecular complexity index is 392. The van der Waals surface area contributed by atoms with Gasteiger partial charge in [0, 0.05) is 12.4 Å². The molecule has 0 spiro atoms. The highest BCUT2D eigenvalue weighted by Crippen LogP contribution is 2.35. The highest BCUT2D eigenvalue weighted by molar-refractivity contribution is 5.69. The molecule has 1 aliphatic carbocycles. The fourth-order valence-electron chi connectivity index (χ4n) is 2.29. The summed E-state index contributed by atoms with van der Waals surface area (Å²) in [6.07, 6.45) is 6.07. The van der Waals surface area contributed by atoms with Gasteiger partial charge in [-0.2, -0.15) is 0 Å². The van der Waals surface area contributed by atoms with Crippen LogP contribution in [-0.4, -0.2) is 16.1 Å². The quantitative estimate of drug-likeness (QED) is 0.758. The van der Waals surface area contributed by atoms with Gasteiger partial charge >= 0.3 is 5.97 Å². The van der Waals surface area contributed by atoms with Gasteiger partial charge in [-0.15, -0.1) is 0 Å². The number of aryl methyl sites for hydroxylation is 1. The van der Waals surface area contributed by atoms with Gasteiger partial charge in [-0.1, -0.05) is 0 Å². The van der Waals surface area contributed by atoms with E-state index >= 15 is 0 Å². The standard InChI is InChI=1S/C11H14N2O2/c12-11(6-10(14)15)4-1-2-8-7-13-5-3-9(8)11/h3,5,7H,1-2,4,6,12H2,(H,14,15). The van der Waals surface area contributed by atoms with Crippen LogP contribution in [0.3, 0.4) is 0 Å². The average Bonchev–Trinajstić information content (AvgIpc) is 2.17. The van der Waals surface area contributed by atoms with Crippen molar-refractivity contribution in [1.29, 1.82) is 0 Å². The summed E-state index contributed by atoms with van der Waals surface area (Å²) < 4.78 is 0. The summed E-state index contributed by atoms with van der Waals surface area (Å²) >= 11 is 0. The van der Waals surface area contributed by atoms with E-state index < -0.39 is 11.5 Å². The van der Waals surface area contributed by atoms with E-state index in [9.17, 15) is 4.79 Å². The number of pyridine rings is 1. The van der Waals surface area contributed by atoms with Gasteiger partial charge in [-0.25, -0.2) is 0 Å². The van der Waals surface area contributed by atoms with Gasteiger partial charge in [-0.3, -0.25) is 9.78 Å². The Labute approximate surface area is 88.1 Å². The third-order valence-electron chi connectivity index (χ3n) is 2.98. The van der Waals surface area contributed by atoms with Crippen LogP contribution in [0.2, 0.25) is 0 Å². The number of hydrogen-bond donors (Lipinski definition) is 2. The lowest BCUT2D eigenvalue weighted by Gasteiger charge is -2.34. The molecular formula is C11H14N2O2. The third kappa shape index (κ3) is 1.85. The van der Waals surface area contributed by atoms with Gasteiger partial charge in [-0.05, 0) is 36.5 Å². The molecule has 0 radical (unpaired) electrons. The van der Waals surface area contributed by atoms with E-state index in [0.717, 1.165) is 30.4 Å². The van der Waals surface area contributed by atoms with E-state index in [1.807, 2.05) is 6.07 Å². The Morgan fingerprint density at radius 1 is 1.67 bits per heavy atom. The largest absolute Gasteiger partial charge is 0.481 e. The summed E-state index contributed by atoms with van der Waals surface area (Å²) in [4.78, 5) is 14.8. The molecule has 0 aliphatic heterocycles. The topological polar surface area (TPSA) is 76.2 Å². The molecule has 80 valence electrons. The number of hydrogen-bond acceptors (Lipinski definition) is 3. The first-order valence-corrected chi connectivity index (χ1v) is 5.06. The lowest BCUT2D eigenvalue weighted by molar-refractivity contribution is -0.138. The minimum Gasteiger partial charge on any atom is -0.481 e. The molecule has 1 heterocycles. The average molecular weight is 206 g/mol. The first kappa shape index (κ1) is 10.1. The van der Waals surface area contributed by atoms with Crippen LogP contribution in [0.25, 0.3) is 0 Å². The van der Waals surface area contributed by atoms with Gasteiger partial charge < -0.3 is 10.8 Å². The van der Waals surface area contributed by atoms with Crippen molar-refractivity contribution >= 4 is 5.97 Å². The minimum absolute atomic E-state index is 0.00991. The molecule has 1 unspecified atom stereocenters. The smallest absolute Gasteiger partial charge is 0.305 e. The molecule has 0 saturated heterocycles. The van der Waals surface area contributed by atoms with Crippen LogP contribution in [0, 0.1) is 0 Å². The first-order chi connectivity index (χ1) is 7.12. The van der Waals surface area contributed by atoms with Crippen LogP contribution in [0.4, 0.5) is 0 Å². The molecule has 0 aromatic carbocycles. The molecule has 15 heavy (non-hydrogen) atoms. The molecule has 0 amide bonds. The van der Waals surface area contributed by atoms with Crippen LogP contribution < -0.4 is 5.73 Å². The Morgan fingerprint density at radius 3 is 3.20 bits per heavy atom. The Morgan fingerprint density at radius 2 is 2.47 bits per heavy atom. The van der Waals surface area contributed by atoms with E-state index in [-0.39, 0.29) is 6.42 Å². The Balaban J connectivity index is 2.40. The highest BCUT2D eigenvalue weighted by Gasteiger charge is 2.34. The van der Waals surface area contributed by atoms with Crippen molar-refractivity contribution in [2.45, 2.75) is 31.2 Å². The number of nitrogens with zero attached hydrogens (tertiary/aromatic N) is 1. The maximum absolute atomic E-state index is 10.8. The Hall–Kier alpha value is -1.42. The summed E-state index contributed by atoms with van der Waals surface area (Å²) in [6, 6.07) is 1.84. The molecule has 0 saturated carbocycles. The number of aromatic nitrogens is 1.